The molecular weight excluding hydrogens is 376 g/mol. The molecule has 3 rings (SSSR count). The van der Waals surface area contributed by atoms with Gasteiger partial charge in [-0.05, 0) is 36.8 Å². The van der Waals surface area contributed by atoms with Crippen LogP contribution in [0.3, 0.4) is 0 Å². The molecule has 0 bridgehead atoms. The van der Waals surface area contributed by atoms with Gasteiger partial charge in [-0.1, -0.05) is 12.1 Å². The predicted molar refractivity (Wildman–Crippen MR) is 107 cm³/mol. The van der Waals surface area contributed by atoms with Gasteiger partial charge in [0.1, 0.15) is 18.0 Å². The summed E-state index contributed by atoms with van der Waals surface area (Å²) in [6.45, 7) is 1.33. The highest BCUT2D eigenvalue weighted by molar-refractivity contribution is 5.93. The summed E-state index contributed by atoms with van der Waals surface area (Å²) in [4.78, 5) is 39.5. The van der Waals surface area contributed by atoms with Gasteiger partial charge in [0.15, 0.2) is 0 Å². The Morgan fingerprint density at radius 1 is 1.24 bits per heavy atom. The number of amides is 1. The van der Waals surface area contributed by atoms with Gasteiger partial charge in [-0.25, -0.2) is 4.98 Å². The Labute approximate surface area is 165 Å². The van der Waals surface area contributed by atoms with E-state index in [9.17, 15) is 19.7 Å². The van der Waals surface area contributed by atoms with Gasteiger partial charge >= 0.3 is 0 Å². The molecule has 0 atom stereocenters. The number of aromatic nitrogens is 2. The zero-order valence-corrected chi connectivity index (χ0v) is 15.8. The SMILES string of the molecule is COc1ccc(-c2cc(=O)n(CC(=O)Nc3c(C)cccc3[N+](=O)[O-])cn2)cc1. The molecule has 1 amide bonds. The second-order valence-electron chi connectivity index (χ2n) is 6.24. The minimum Gasteiger partial charge on any atom is -0.497 e. The number of nitro benzene ring substituents is 1. The average Bonchev–Trinajstić information content (AvgIpc) is 2.71. The van der Waals surface area contributed by atoms with Crippen molar-refractivity contribution in [3.63, 3.8) is 0 Å². The number of methoxy groups -OCH3 is 1. The number of ether oxygens (including phenoxy) is 1. The van der Waals surface area contributed by atoms with E-state index in [1.165, 1.54) is 24.5 Å². The smallest absolute Gasteiger partial charge is 0.293 e. The van der Waals surface area contributed by atoms with Gasteiger partial charge in [-0.3, -0.25) is 24.3 Å². The number of para-hydroxylation sites is 1. The monoisotopic (exact) mass is 394 g/mol. The van der Waals surface area contributed by atoms with E-state index in [4.69, 9.17) is 4.74 Å². The first-order valence-electron chi connectivity index (χ1n) is 8.64. The summed E-state index contributed by atoms with van der Waals surface area (Å²) in [6, 6.07) is 12.9. The number of nitro groups is 1. The van der Waals surface area contributed by atoms with E-state index in [2.05, 4.69) is 10.3 Å². The van der Waals surface area contributed by atoms with Gasteiger partial charge in [0.2, 0.25) is 5.91 Å². The normalized spacial score (nSPS) is 10.4. The molecule has 0 saturated carbocycles. The number of rotatable bonds is 6. The maximum Gasteiger partial charge on any atom is 0.293 e. The van der Waals surface area contributed by atoms with E-state index in [0.717, 1.165) is 10.1 Å². The van der Waals surface area contributed by atoms with E-state index in [-0.39, 0.29) is 17.9 Å². The maximum absolute atomic E-state index is 12.4. The highest BCUT2D eigenvalue weighted by atomic mass is 16.6. The van der Waals surface area contributed by atoms with Crippen LogP contribution in [0.4, 0.5) is 11.4 Å². The lowest BCUT2D eigenvalue weighted by Crippen LogP contribution is -2.27. The highest BCUT2D eigenvalue weighted by Gasteiger charge is 2.18. The zero-order valence-electron chi connectivity index (χ0n) is 15.8. The van der Waals surface area contributed by atoms with Crippen molar-refractivity contribution in [1.29, 1.82) is 0 Å². The van der Waals surface area contributed by atoms with Gasteiger partial charge in [-0.2, -0.15) is 0 Å². The minimum absolute atomic E-state index is 0.110. The number of hydrogen-bond acceptors (Lipinski definition) is 6. The van der Waals surface area contributed by atoms with Crippen molar-refractivity contribution in [3.8, 4) is 17.0 Å². The average molecular weight is 394 g/mol. The third-order valence-corrected chi connectivity index (χ3v) is 4.29. The van der Waals surface area contributed by atoms with Crippen LogP contribution in [0.15, 0.2) is 59.7 Å². The number of nitrogens with one attached hydrogen (secondary N) is 1. The number of nitrogens with zero attached hydrogens (tertiary/aromatic N) is 3. The molecule has 9 nitrogen and oxygen atoms in total. The standard InChI is InChI=1S/C20H18N4O5/c1-13-4-3-5-17(24(27)28)20(13)22-18(25)11-23-12-21-16(10-19(23)26)14-6-8-15(29-2)9-7-14/h3-10,12H,11H2,1-2H3,(H,22,25). The maximum atomic E-state index is 12.4. The molecule has 3 aromatic rings. The molecule has 0 unspecified atom stereocenters. The summed E-state index contributed by atoms with van der Waals surface area (Å²) < 4.78 is 6.23. The van der Waals surface area contributed by atoms with Gasteiger partial charge < -0.3 is 10.1 Å². The summed E-state index contributed by atoms with van der Waals surface area (Å²) in [6.07, 6.45) is 1.27. The van der Waals surface area contributed by atoms with Crippen molar-refractivity contribution < 1.29 is 14.5 Å². The van der Waals surface area contributed by atoms with Crippen LogP contribution in [0, 0.1) is 17.0 Å². The molecule has 2 aromatic carbocycles. The second-order valence-corrected chi connectivity index (χ2v) is 6.24. The quantitative estimate of drug-likeness (QED) is 0.508. The molecule has 0 saturated heterocycles. The van der Waals surface area contributed by atoms with E-state index < -0.39 is 16.4 Å². The molecule has 0 spiro atoms. The number of anilines is 1. The number of hydrogen-bond donors (Lipinski definition) is 1. The summed E-state index contributed by atoms with van der Waals surface area (Å²) in [5.41, 5.74) is 1.23. The summed E-state index contributed by atoms with van der Waals surface area (Å²) in [7, 11) is 1.56. The topological polar surface area (TPSA) is 116 Å². The van der Waals surface area contributed by atoms with Crippen molar-refractivity contribution >= 4 is 17.3 Å². The van der Waals surface area contributed by atoms with Gasteiger partial charge in [0.25, 0.3) is 11.2 Å². The van der Waals surface area contributed by atoms with Crippen LogP contribution < -0.4 is 15.6 Å². The molecule has 0 aliphatic heterocycles. The first kappa shape index (κ1) is 19.7. The van der Waals surface area contributed by atoms with Crippen LogP contribution in [0.5, 0.6) is 5.75 Å². The predicted octanol–water partition coefficient (Wildman–Crippen LogP) is 2.77. The van der Waals surface area contributed by atoms with E-state index in [1.807, 2.05) is 0 Å². The summed E-state index contributed by atoms with van der Waals surface area (Å²) >= 11 is 0. The van der Waals surface area contributed by atoms with Crippen LogP contribution in [-0.4, -0.2) is 27.5 Å². The van der Waals surface area contributed by atoms with Crippen LogP contribution in [0.2, 0.25) is 0 Å². The van der Waals surface area contributed by atoms with Crippen LogP contribution in [-0.2, 0) is 11.3 Å². The fraction of sp³-hybridized carbons (Fsp3) is 0.150. The van der Waals surface area contributed by atoms with Crippen molar-refractivity contribution in [2.75, 3.05) is 12.4 Å². The van der Waals surface area contributed by atoms with Gasteiger partial charge in [0, 0.05) is 17.7 Å². The van der Waals surface area contributed by atoms with Crippen molar-refractivity contribution in [3.05, 3.63) is 80.9 Å². The number of carbonyl (C=O) groups is 1. The largest absolute Gasteiger partial charge is 0.497 e. The third-order valence-electron chi connectivity index (χ3n) is 4.29. The Balaban J connectivity index is 1.78. The lowest BCUT2D eigenvalue weighted by Gasteiger charge is -2.10. The molecule has 9 heteroatoms. The van der Waals surface area contributed by atoms with E-state index in [0.29, 0.717) is 17.0 Å². The van der Waals surface area contributed by atoms with Gasteiger partial charge in [0.05, 0.1) is 24.1 Å². The number of benzene rings is 2. The zero-order chi connectivity index (χ0) is 21.0. The first-order valence-corrected chi connectivity index (χ1v) is 8.64. The lowest BCUT2D eigenvalue weighted by molar-refractivity contribution is -0.384. The van der Waals surface area contributed by atoms with Crippen molar-refractivity contribution in [2.45, 2.75) is 13.5 Å². The molecule has 1 heterocycles. The summed E-state index contributed by atoms with van der Waals surface area (Å²) in [5.74, 6) is 0.118. The molecular formula is C20H18N4O5. The molecule has 0 fully saturated rings. The van der Waals surface area contributed by atoms with Crippen LogP contribution in [0.1, 0.15) is 5.56 Å². The molecule has 1 N–H and O–H groups in total. The molecule has 1 aromatic heterocycles. The lowest BCUT2D eigenvalue weighted by atomic mass is 10.1. The Morgan fingerprint density at radius 2 is 1.97 bits per heavy atom. The number of carbonyl (C=O) groups excluding carboxylic acids is 1. The third kappa shape index (κ3) is 4.46. The Bertz CT molecular complexity index is 1120. The summed E-state index contributed by atoms with van der Waals surface area (Å²) in [5, 5.41) is 13.7. The first-order chi connectivity index (χ1) is 13.9. The molecule has 0 radical (unpaired) electrons. The second kappa shape index (κ2) is 8.34. The number of aryl methyl sites for hydroxylation is 1. The van der Waals surface area contributed by atoms with E-state index >= 15 is 0 Å². The van der Waals surface area contributed by atoms with Crippen LogP contribution >= 0.6 is 0 Å². The Kier molecular flexibility index (Phi) is 5.68. The fourth-order valence-electron chi connectivity index (χ4n) is 2.77. The van der Waals surface area contributed by atoms with Crippen LogP contribution in [0.25, 0.3) is 11.3 Å². The van der Waals surface area contributed by atoms with Crippen molar-refractivity contribution in [1.82, 2.24) is 9.55 Å². The highest BCUT2D eigenvalue weighted by Crippen LogP contribution is 2.27. The van der Waals surface area contributed by atoms with E-state index in [1.54, 1.807) is 44.4 Å². The van der Waals surface area contributed by atoms with Crippen molar-refractivity contribution in [2.24, 2.45) is 0 Å². The molecule has 148 valence electrons. The Hall–Kier alpha value is -4.01. The molecule has 29 heavy (non-hydrogen) atoms. The Morgan fingerprint density at radius 3 is 2.59 bits per heavy atom. The molecule has 0 aliphatic rings. The minimum atomic E-state index is -0.569. The molecule has 0 aliphatic carbocycles. The fourth-order valence-corrected chi connectivity index (χ4v) is 2.77. The van der Waals surface area contributed by atoms with Gasteiger partial charge in [-0.15, -0.1) is 0 Å².